The summed E-state index contributed by atoms with van der Waals surface area (Å²) in [5.41, 5.74) is 2.43. The van der Waals surface area contributed by atoms with Crippen LogP contribution in [0.25, 0.3) is 5.70 Å². The fourth-order valence-electron chi connectivity index (χ4n) is 1.48. The first kappa shape index (κ1) is 11.3. The van der Waals surface area contributed by atoms with Crippen LogP contribution in [0.1, 0.15) is 11.3 Å². The van der Waals surface area contributed by atoms with Crippen molar-refractivity contribution in [3.8, 4) is 0 Å². The van der Waals surface area contributed by atoms with E-state index in [2.05, 4.69) is 13.2 Å². The lowest BCUT2D eigenvalue weighted by atomic mass is 10.3. The summed E-state index contributed by atoms with van der Waals surface area (Å²) in [4.78, 5) is 11.9. The van der Waals surface area contributed by atoms with Gasteiger partial charge in [-0.05, 0) is 26.0 Å². The molecule has 0 amide bonds. The molecule has 1 aromatic rings. The van der Waals surface area contributed by atoms with Gasteiger partial charge in [0, 0.05) is 18.3 Å². The Morgan fingerprint density at radius 2 is 1.93 bits per heavy atom. The minimum absolute atomic E-state index is 0.0111. The van der Waals surface area contributed by atoms with E-state index in [1.54, 1.807) is 22.9 Å². The van der Waals surface area contributed by atoms with Gasteiger partial charge in [-0.2, -0.15) is 0 Å². The van der Waals surface area contributed by atoms with E-state index in [-0.39, 0.29) is 5.56 Å². The highest BCUT2D eigenvalue weighted by Crippen LogP contribution is 2.08. The molecule has 0 aromatic carbocycles. The Hall–Kier alpha value is -1.77. The average molecular weight is 204 g/mol. The summed E-state index contributed by atoms with van der Waals surface area (Å²) in [5.74, 6) is 0. The maximum Gasteiger partial charge on any atom is 0.274 e. The molecule has 1 heterocycles. The van der Waals surface area contributed by atoms with Crippen molar-refractivity contribution in [1.82, 2.24) is 9.36 Å². The lowest BCUT2D eigenvalue weighted by molar-refractivity contribution is 0.644. The normalized spacial score (nSPS) is 11.5. The Morgan fingerprint density at radius 1 is 1.33 bits per heavy atom. The molecule has 0 saturated heterocycles. The highest BCUT2D eigenvalue weighted by Gasteiger charge is 2.11. The zero-order valence-electron chi connectivity index (χ0n) is 9.45. The first-order valence-electron chi connectivity index (χ1n) is 4.75. The van der Waals surface area contributed by atoms with Crippen molar-refractivity contribution in [1.29, 1.82) is 0 Å². The van der Waals surface area contributed by atoms with Crippen molar-refractivity contribution in [3.05, 3.63) is 53.0 Å². The molecule has 0 spiro atoms. The summed E-state index contributed by atoms with van der Waals surface area (Å²) < 4.78 is 3.40. The van der Waals surface area contributed by atoms with Crippen molar-refractivity contribution < 1.29 is 0 Å². The van der Waals surface area contributed by atoms with Gasteiger partial charge in [-0.15, -0.1) is 0 Å². The maximum absolute atomic E-state index is 11.9. The molecule has 0 unspecified atom stereocenters. The van der Waals surface area contributed by atoms with E-state index in [0.717, 1.165) is 17.0 Å². The molecule has 3 heteroatoms. The quantitative estimate of drug-likeness (QED) is 0.692. The molecule has 0 bridgehead atoms. The molecule has 0 fully saturated rings. The van der Waals surface area contributed by atoms with Gasteiger partial charge in [0.15, 0.2) is 0 Å². The van der Waals surface area contributed by atoms with Gasteiger partial charge in [0.2, 0.25) is 0 Å². The highest BCUT2D eigenvalue weighted by atomic mass is 16.1. The Kier molecular flexibility index (Phi) is 3.14. The van der Waals surface area contributed by atoms with Crippen molar-refractivity contribution in [2.75, 3.05) is 0 Å². The number of aromatic nitrogens is 2. The van der Waals surface area contributed by atoms with E-state index in [4.69, 9.17) is 0 Å². The Balaban J connectivity index is 3.57. The monoisotopic (exact) mass is 204 g/mol. The number of rotatable bonds is 3. The number of nitrogens with zero attached hydrogens (tertiary/aromatic N) is 2. The van der Waals surface area contributed by atoms with Crippen LogP contribution in [-0.2, 0) is 7.05 Å². The Morgan fingerprint density at radius 3 is 2.27 bits per heavy atom. The van der Waals surface area contributed by atoms with Gasteiger partial charge < -0.3 is 0 Å². The van der Waals surface area contributed by atoms with Crippen LogP contribution in [0.5, 0.6) is 0 Å². The predicted molar refractivity (Wildman–Crippen MR) is 63.8 cm³/mol. The van der Waals surface area contributed by atoms with Crippen molar-refractivity contribution in [2.24, 2.45) is 7.05 Å². The molecule has 1 aromatic heterocycles. The van der Waals surface area contributed by atoms with E-state index in [1.165, 1.54) is 0 Å². The molecule has 0 aliphatic rings. The van der Waals surface area contributed by atoms with Gasteiger partial charge >= 0.3 is 0 Å². The van der Waals surface area contributed by atoms with E-state index in [0.29, 0.717) is 0 Å². The van der Waals surface area contributed by atoms with Crippen LogP contribution in [0.4, 0.5) is 0 Å². The molecule has 80 valence electrons. The van der Waals surface area contributed by atoms with Gasteiger partial charge in [0.05, 0.1) is 5.70 Å². The molecule has 0 radical (unpaired) electrons. The lowest BCUT2D eigenvalue weighted by Crippen LogP contribution is -2.20. The maximum atomic E-state index is 11.9. The third kappa shape index (κ3) is 1.73. The Bertz CT molecular complexity index is 486. The second-order valence-corrected chi connectivity index (χ2v) is 3.38. The molecule has 3 nitrogen and oxygen atoms in total. The zero-order chi connectivity index (χ0) is 11.6. The third-order valence-corrected chi connectivity index (χ3v) is 2.58. The summed E-state index contributed by atoms with van der Waals surface area (Å²) in [5, 5.41) is 0. The van der Waals surface area contributed by atoms with Gasteiger partial charge in [0.25, 0.3) is 5.56 Å². The summed E-state index contributed by atoms with van der Waals surface area (Å²) in [6, 6.07) is 0. The molecule has 0 aliphatic carbocycles. The zero-order valence-corrected chi connectivity index (χ0v) is 9.45. The summed E-state index contributed by atoms with van der Waals surface area (Å²) in [7, 11) is 1.85. The minimum Gasteiger partial charge on any atom is -0.285 e. The smallest absolute Gasteiger partial charge is 0.274 e. The number of allylic oxidation sites excluding steroid dienone is 4. The molecule has 0 saturated carbocycles. The van der Waals surface area contributed by atoms with Gasteiger partial charge in [-0.1, -0.05) is 19.2 Å². The second-order valence-electron chi connectivity index (χ2n) is 3.38. The third-order valence-electron chi connectivity index (χ3n) is 2.58. The van der Waals surface area contributed by atoms with Crippen LogP contribution in [0.3, 0.4) is 0 Å². The molecule has 0 atom stereocenters. The first-order valence-corrected chi connectivity index (χ1v) is 4.75. The standard InChI is InChI=1S/C12H16N2O/c1-6-8-11(7-2)14-12(15)9(3)10(4)13(14)5/h6-8H,1-2H2,3-5H3/b11-8+. The van der Waals surface area contributed by atoms with E-state index >= 15 is 0 Å². The molecular weight excluding hydrogens is 188 g/mol. The van der Waals surface area contributed by atoms with Crippen LogP contribution in [0, 0.1) is 13.8 Å². The number of hydrogen-bond donors (Lipinski definition) is 0. The molecular formula is C12H16N2O. The van der Waals surface area contributed by atoms with Crippen LogP contribution in [-0.4, -0.2) is 9.36 Å². The fraction of sp³-hybridized carbons (Fsp3) is 0.250. The predicted octanol–water partition coefficient (Wildman–Crippen LogP) is 2.02. The second kappa shape index (κ2) is 4.17. The summed E-state index contributed by atoms with van der Waals surface area (Å²) >= 11 is 0. The largest absolute Gasteiger partial charge is 0.285 e. The molecule has 0 aliphatic heterocycles. The lowest BCUT2D eigenvalue weighted by Gasteiger charge is -2.08. The van der Waals surface area contributed by atoms with Gasteiger partial charge in [0.1, 0.15) is 0 Å². The van der Waals surface area contributed by atoms with E-state index in [9.17, 15) is 4.79 Å². The summed E-state index contributed by atoms with van der Waals surface area (Å²) in [6.45, 7) is 11.0. The average Bonchev–Trinajstić information content (AvgIpc) is 2.41. The first-order chi connectivity index (χ1) is 7.04. The van der Waals surface area contributed by atoms with Gasteiger partial charge in [-0.3, -0.25) is 9.48 Å². The van der Waals surface area contributed by atoms with Crippen molar-refractivity contribution in [3.63, 3.8) is 0 Å². The van der Waals surface area contributed by atoms with Crippen LogP contribution >= 0.6 is 0 Å². The highest BCUT2D eigenvalue weighted by molar-refractivity contribution is 5.57. The van der Waals surface area contributed by atoms with Crippen LogP contribution in [0.15, 0.2) is 36.2 Å². The number of hydrogen-bond acceptors (Lipinski definition) is 1. The topological polar surface area (TPSA) is 26.9 Å². The van der Waals surface area contributed by atoms with Crippen LogP contribution < -0.4 is 5.56 Å². The minimum atomic E-state index is -0.0111. The SMILES string of the molecule is C=C/C=C(\C=C)n1c(=O)c(C)c(C)n1C. The van der Waals surface area contributed by atoms with Crippen molar-refractivity contribution in [2.45, 2.75) is 13.8 Å². The van der Waals surface area contributed by atoms with Crippen molar-refractivity contribution >= 4 is 5.70 Å². The van der Waals surface area contributed by atoms with E-state index < -0.39 is 0 Å². The van der Waals surface area contributed by atoms with Gasteiger partial charge in [-0.25, -0.2) is 4.68 Å². The van der Waals surface area contributed by atoms with Crippen LogP contribution in [0.2, 0.25) is 0 Å². The molecule has 0 N–H and O–H groups in total. The molecule has 1 rings (SSSR count). The Labute approximate surface area is 89.6 Å². The summed E-state index contributed by atoms with van der Waals surface area (Å²) in [6.07, 6.45) is 5.04. The fourth-order valence-corrected chi connectivity index (χ4v) is 1.48. The van der Waals surface area contributed by atoms with E-state index in [1.807, 2.05) is 25.6 Å². The molecule has 15 heavy (non-hydrogen) atoms.